The molecule has 0 aliphatic carbocycles. The molecule has 0 fully saturated rings. The number of allylic oxidation sites excluding steroid dienone is 1. The lowest BCUT2D eigenvalue weighted by Crippen LogP contribution is -2.39. The van der Waals surface area contributed by atoms with Crippen molar-refractivity contribution in [1.82, 2.24) is 4.57 Å². The Morgan fingerprint density at radius 3 is 2.46 bits per heavy atom. The fourth-order valence-corrected chi connectivity index (χ4v) is 4.91. The van der Waals surface area contributed by atoms with Gasteiger partial charge in [-0.15, -0.1) is 0 Å². The lowest BCUT2D eigenvalue weighted by atomic mass is 9.96. The van der Waals surface area contributed by atoms with Gasteiger partial charge in [0.15, 0.2) is 4.80 Å². The van der Waals surface area contributed by atoms with Crippen LogP contribution in [0.1, 0.15) is 31.0 Å². The largest absolute Gasteiger partial charge is 0.497 e. The van der Waals surface area contributed by atoms with Crippen LogP contribution in [0, 0.1) is 0 Å². The molecule has 0 N–H and O–H groups in total. The zero-order valence-corrected chi connectivity index (χ0v) is 20.6. The maximum Gasteiger partial charge on any atom is 0.338 e. The minimum absolute atomic E-state index is 0.221. The van der Waals surface area contributed by atoms with Gasteiger partial charge in [-0.1, -0.05) is 48.3 Å². The number of hydrogen-bond acceptors (Lipinski definition) is 7. The fraction of sp³-hybridized carbons (Fsp3) is 0.222. The average Bonchev–Trinajstić information content (AvgIpc) is 3.17. The van der Waals surface area contributed by atoms with Crippen molar-refractivity contribution in [2.45, 2.75) is 19.9 Å². The summed E-state index contributed by atoms with van der Waals surface area (Å²) in [5.41, 5.74) is 2.26. The van der Waals surface area contributed by atoms with Crippen LogP contribution in [0.5, 0.6) is 11.5 Å². The summed E-state index contributed by atoms with van der Waals surface area (Å²) in [4.78, 5) is 31.7. The van der Waals surface area contributed by atoms with E-state index in [1.165, 1.54) is 11.3 Å². The molecule has 7 nitrogen and oxygen atoms in total. The van der Waals surface area contributed by atoms with Crippen molar-refractivity contribution >= 4 is 23.4 Å². The van der Waals surface area contributed by atoms with Gasteiger partial charge in [0.05, 0.1) is 35.6 Å². The van der Waals surface area contributed by atoms with E-state index in [0.29, 0.717) is 33.0 Å². The van der Waals surface area contributed by atoms with E-state index < -0.39 is 12.0 Å². The summed E-state index contributed by atoms with van der Waals surface area (Å²) in [6.45, 7) is 7.78. The molecule has 1 aliphatic rings. The molecule has 8 heteroatoms. The number of fused-ring (bicyclic) bond motifs is 1. The first-order valence-corrected chi connectivity index (χ1v) is 12.0. The topological polar surface area (TPSA) is 79.1 Å². The number of benzene rings is 2. The van der Waals surface area contributed by atoms with Gasteiger partial charge in [-0.3, -0.25) is 9.36 Å². The highest BCUT2D eigenvalue weighted by atomic mass is 32.1. The van der Waals surface area contributed by atoms with E-state index in [-0.39, 0.29) is 12.2 Å². The Morgan fingerprint density at radius 2 is 1.83 bits per heavy atom. The van der Waals surface area contributed by atoms with Gasteiger partial charge in [-0.05, 0) is 55.3 Å². The van der Waals surface area contributed by atoms with Crippen molar-refractivity contribution in [3.8, 4) is 11.5 Å². The Balaban J connectivity index is 1.86. The molecule has 0 radical (unpaired) electrons. The summed E-state index contributed by atoms with van der Waals surface area (Å²) >= 11 is 1.29. The van der Waals surface area contributed by atoms with Gasteiger partial charge in [-0.25, -0.2) is 9.79 Å². The highest BCUT2D eigenvalue weighted by Gasteiger charge is 2.33. The van der Waals surface area contributed by atoms with E-state index in [2.05, 4.69) is 11.6 Å². The molecule has 2 heterocycles. The molecule has 2 aromatic carbocycles. The Hall–Kier alpha value is -3.91. The van der Waals surface area contributed by atoms with Gasteiger partial charge in [0, 0.05) is 0 Å². The van der Waals surface area contributed by atoms with E-state index in [9.17, 15) is 9.59 Å². The van der Waals surface area contributed by atoms with Crippen LogP contribution < -0.4 is 24.4 Å². The standard InChI is InChI=1S/C27H26N2O5S/c1-5-15-34-21-13-9-19(10-14-21)24-23(26(31)33-6-2)17(3)28-27-29(24)25(30)22(35-27)16-18-7-11-20(32-4)12-8-18/h5,7-14,16,24H,1,6,15H2,2-4H3. The molecule has 1 aromatic heterocycles. The van der Waals surface area contributed by atoms with Gasteiger partial charge in [0.2, 0.25) is 0 Å². The Kier molecular flexibility index (Phi) is 7.31. The van der Waals surface area contributed by atoms with E-state index in [1.54, 1.807) is 31.6 Å². The third-order valence-corrected chi connectivity index (χ3v) is 6.48. The van der Waals surface area contributed by atoms with Crippen LogP contribution in [0.4, 0.5) is 0 Å². The number of methoxy groups -OCH3 is 1. The quantitative estimate of drug-likeness (QED) is 0.357. The Morgan fingerprint density at radius 1 is 1.14 bits per heavy atom. The highest BCUT2D eigenvalue weighted by molar-refractivity contribution is 7.07. The minimum Gasteiger partial charge on any atom is -0.497 e. The Labute approximate surface area is 206 Å². The number of hydrogen-bond donors (Lipinski definition) is 0. The molecule has 0 saturated carbocycles. The summed E-state index contributed by atoms with van der Waals surface area (Å²) in [7, 11) is 1.61. The zero-order chi connectivity index (χ0) is 24.9. The number of thiazole rings is 1. The fourth-order valence-electron chi connectivity index (χ4n) is 3.86. The van der Waals surface area contributed by atoms with E-state index >= 15 is 0 Å². The van der Waals surface area contributed by atoms with Crippen molar-refractivity contribution in [2.75, 3.05) is 20.3 Å². The smallest absolute Gasteiger partial charge is 0.338 e. The number of aromatic nitrogens is 1. The number of nitrogens with zero attached hydrogens (tertiary/aromatic N) is 2. The van der Waals surface area contributed by atoms with Crippen LogP contribution in [0.2, 0.25) is 0 Å². The second-order valence-corrected chi connectivity index (χ2v) is 8.75. The molecule has 4 rings (SSSR count). The summed E-state index contributed by atoms with van der Waals surface area (Å²) in [5, 5.41) is 0. The number of ether oxygens (including phenoxy) is 3. The average molecular weight is 491 g/mol. The van der Waals surface area contributed by atoms with Crippen molar-refractivity contribution in [1.29, 1.82) is 0 Å². The first-order chi connectivity index (χ1) is 17.0. The molecular formula is C27H26N2O5S. The van der Waals surface area contributed by atoms with Crippen LogP contribution in [0.3, 0.4) is 0 Å². The van der Waals surface area contributed by atoms with E-state index in [0.717, 1.165) is 16.9 Å². The normalized spacial score (nSPS) is 15.3. The van der Waals surface area contributed by atoms with Crippen molar-refractivity contribution in [3.63, 3.8) is 0 Å². The molecule has 1 unspecified atom stereocenters. The van der Waals surface area contributed by atoms with Crippen molar-refractivity contribution in [2.24, 2.45) is 4.99 Å². The number of carbonyl (C=O) groups excluding carboxylic acids is 1. The lowest BCUT2D eigenvalue weighted by molar-refractivity contribution is -0.139. The molecule has 35 heavy (non-hydrogen) atoms. The van der Waals surface area contributed by atoms with Gasteiger partial charge >= 0.3 is 5.97 Å². The Bertz CT molecular complexity index is 1450. The second-order valence-electron chi connectivity index (χ2n) is 7.74. The van der Waals surface area contributed by atoms with Crippen LogP contribution in [0.15, 0.2) is 82.2 Å². The monoisotopic (exact) mass is 490 g/mol. The van der Waals surface area contributed by atoms with Gasteiger partial charge < -0.3 is 14.2 Å². The first-order valence-electron chi connectivity index (χ1n) is 11.1. The maximum atomic E-state index is 13.6. The summed E-state index contributed by atoms with van der Waals surface area (Å²) in [5.74, 6) is 0.910. The van der Waals surface area contributed by atoms with Crippen LogP contribution in [-0.2, 0) is 9.53 Å². The predicted molar refractivity (Wildman–Crippen MR) is 136 cm³/mol. The third kappa shape index (κ3) is 4.97. The molecule has 1 aliphatic heterocycles. The van der Waals surface area contributed by atoms with Crippen molar-refractivity contribution in [3.05, 3.63) is 103 Å². The molecule has 0 amide bonds. The molecule has 0 bridgehead atoms. The molecule has 3 aromatic rings. The van der Waals surface area contributed by atoms with E-state index in [4.69, 9.17) is 14.2 Å². The molecule has 0 saturated heterocycles. The SMILES string of the molecule is C=CCOc1ccc(C2C(C(=O)OCC)=C(C)N=c3sc(=Cc4ccc(OC)cc4)c(=O)n32)cc1. The van der Waals surface area contributed by atoms with E-state index in [1.807, 2.05) is 54.6 Å². The van der Waals surface area contributed by atoms with Crippen LogP contribution >= 0.6 is 11.3 Å². The second kappa shape index (κ2) is 10.6. The number of carbonyl (C=O) groups is 1. The zero-order valence-electron chi connectivity index (χ0n) is 19.8. The lowest BCUT2D eigenvalue weighted by Gasteiger charge is -2.24. The van der Waals surface area contributed by atoms with Gasteiger partial charge in [0.25, 0.3) is 5.56 Å². The third-order valence-electron chi connectivity index (χ3n) is 5.49. The molecular weight excluding hydrogens is 464 g/mol. The maximum absolute atomic E-state index is 13.6. The minimum atomic E-state index is -0.670. The molecule has 180 valence electrons. The summed E-state index contributed by atoms with van der Waals surface area (Å²) in [6.07, 6.45) is 3.48. The van der Waals surface area contributed by atoms with Crippen LogP contribution in [-0.4, -0.2) is 30.9 Å². The van der Waals surface area contributed by atoms with Crippen molar-refractivity contribution < 1.29 is 19.0 Å². The van der Waals surface area contributed by atoms with Gasteiger partial charge in [-0.2, -0.15) is 0 Å². The summed E-state index contributed by atoms with van der Waals surface area (Å²) in [6, 6.07) is 14.1. The number of rotatable bonds is 8. The van der Waals surface area contributed by atoms with Gasteiger partial charge in [0.1, 0.15) is 18.1 Å². The predicted octanol–water partition coefficient (Wildman–Crippen LogP) is 3.37. The molecule has 1 atom stereocenters. The molecule has 0 spiro atoms. The first kappa shape index (κ1) is 24.2. The van der Waals surface area contributed by atoms with Crippen LogP contribution in [0.25, 0.3) is 6.08 Å². The number of esters is 1. The highest BCUT2D eigenvalue weighted by Crippen LogP contribution is 2.31. The summed E-state index contributed by atoms with van der Waals surface area (Å²) < 4.78 is 18.2.